The molecule has 6 heteroatoms. The molecular formula is C14H22N4O2. The number of nitrogens with one attached hydrogen (secondary N) is 1. The van der Waals surface area contributed by atoms with Crippen LogP contribution in [0.15, 0.2) is 12.2 Å². The number of rotatable bonds is 7. The molecule has 0 saturated carbocycles. The van der Waals surface area contributed by atoms with E-state index in [2.05, 4.69) is 32.8 Å². The SMILES string of the molecule is OC[C@H]1[C@@H](CC=CCCCc2nn[nH]n2)[C@@H]2CC[C@H]1O2. The van der Waals surface area contributed by atoms with Gasteiger partial charge in [-0.2, -0.15) is 5.21 Å². The molecule has 2 fully saturated rings. The van der Waals surface area contributed by atoms with Crippen LogP contribution in [0.1, 0.15) is 37.9 Å². The van der Waals surface area contributed by atoms with Crippen molar-refractivity contribution in [3.63, 3.8) is 0 Å². The van der Waals surface area contributed by atoms with E-state index in [1.54, 1.807) is 0 Å². The minimum atomic E-state index is 0.261. The summed E-state index contributed by atoms with van der Waals surface area (Å²) in [5.74, 6) is 1.63. The van der Waals surface area contributed by atoms with Crippen LogP contribution in [-0.2, 0) is 11.2 Å². The molecule has 0 radical (unpaired) electrons. The second kappa shape index (κ2) is 6.45. The number of hydrogen-bond donors (Lipinski definition) is 2. The molecule has 1 aromatic rings. The molecule has 2 aliphatic rings. The van der Waals surface area contributed by atoms with E-state index in [0.717, 1.165) is 44.3 Å². The maximum atomic E-state index is 9.48. The van der Waals surface area contributed by atoms with Gasteiger partial charge in [0, 0.05) is 18.9 Å². The number of unbranched alkanes of at least 4 members (excludes halogenated alkanes) is 1. The molecule has 20 heavy (non-hydrogen) atoms. The molecule has 2 aliphatic heterocycles. The lowest BCUT2D eigenvalue weighted by Gasteiger charge is -2.25. The molecule has 3 rings (SSSR count). The monoisotopic (exact) mass is 278 g/mol. The van der Waals surface area contributed by atoms with Crippen molar-refractivity contribution in [3.8, 4) is 0 Å². The average Bonchev–Trinajstić information content (AvgIpc) is 3.18. The smallest absolute Gasteiger partial charge is 0.174 e. The van der Waals surface area contributed by atoms with Gasteiger partial charge < -0.3 is 9.84 Å². The van der Waals surface area contributed by atoms with E-state index >= 15 is 0 Å². The van der Waals surface area contributed by atoms with Crippen LogP contribution in [0.2, 0.25) is 0 Å². The lowest BCUT2D eigenvalue weighted by atomic mass is 9.78. The number of aliphatic hydroxyl groups excluding tert-OH is 1. The van der Waals surface area contributed by atoms with E-state index < -0.39 is 0 Å². The first kappa shape index (κ1) is 13.7. The summed E-state index contributed by atoms with van der Waals surface area (Å²) in [4.78, 5) is 0. The van der Waals surface area contributed by atoms with Crippen LogP contribution >= 0.6 is 0 Å². The summed E-state index contributed by atoms with van der Waals surface area (Å²) in [5, 5.41) is 23.3. The van der Waals surface area contributed by atoms with Gasteiger partial charge in [-0.05, 0) is 38.0 Å². The molecule has 6 nitrogen and oxygen atoms in total. The van der Waals surface area contributed by atoms with Gasteiger partial charge in [0.15, 0.2) is 5.82 Å². The predicted molar refractivity (Wildman–Crippen MR) is 72.8 cm³/mol. The molecule has 2 N–H and O–H groups in total. The summed E-state index contributed by atoms with van der Waals surface area (Å²) in [7, 11) is 0. The lowest BCUT2D eigenvalue weighted by molar-refractivity contribution is 0.0787. The number of fused-ring (bicyclic) bond motifs is 2. The Morgan fingerprint density at radius 3 is 2.85 bits per heavy atom. The van der Waals surface area contributed by atoms with Crippen molar-refractivity contribution in [1.82, 2.24) is 20.6 Å². The fraction of sp³-hybridized carbons (Fsp3) is 0.786. The first-order chi connectivity index (χ1) is 9.88. The predicted octanol–water partition coefficient (Wildman–Crippen LogP) is 1.25. The van der Waals surface area contributed by atoms with Crippen molar-refractivity contribution < 1.29 is 9.84 Å². The van der Waals surface area contributed by atoms with Crippen molar-refractivity contribution in [2.24, 2.45) is 11.8 Å². The van der Waals surface area contributed by atoms with Gasteiger partial charge in [-0.15, -0.1) is 10.2 Å². The van der Waals surface area contributed by atoms with Crippen molar-refractivity contribution >= 4 is 0 Å². The molecule has 4 atom stereocenters. The molecule has 0 aliphatic carbocycles. The summed E-state index contributed by atoms with van der Waals surface area (Å²) < 4.78 is 5.89. The normalized spacial score (nSPS) is 32.5. The minimum absolute atomic E-state index is 0.261. The Balaban J connectivity index is 1.37. The molecule has 0 unspecified atom stereocenters. The van der Waals surface area contributed by atoms with Gasteiger partial charge >= 0.3 is 0 Å². The summed E-state index contributed by atoms with van der Waals surface area (Å²) >= 11 is 0. The number of nitrogens with zero attached hydrogens (tertiary/aromatic N) is 3. The fourth-order valence-electron chi connectivity index (χ4n) is 3.49. The molecule has 1 aromatic heterocycles. The number of allylic oxidation sites excluding steroid dienone is 2. The fourth-order valence-corrected chi connectivity index (χ4v) is 3.49. The van der Waals surface area contributed by atoms with E-state index in [0.29, 0.717) is 24.0 Å². The molecular weight excluding hydrogens is 256 g/mol. The number of aryl methyl sites for hydroxylation is 1. The van der Waals surface area contributed by atoms with Crippen LogP contribution in [0.5, 0.6) is 0 Å². The topological polar surface area (TPSA) is 83.9 Å². The highest BCUT2D eigenvalue weighted by atomic mass is 16.5. The molecule has 0 aromatic carbocycles. The summed E-state index contributed by atoms with van der Waals surface area (Å²) in [6, 6.07) is 0. The zero-order valence-electron chi connectivity index (χ0n) is 11.6. The van der Waals surface area contributed by atoms with Crippen LogP contribution in [0.4, 0.5) is 0 Å². The van der Waals surface area contributed by atoms with Crippen molar-refractivity contribution in [2.75, 3.05) is 6.61 Å². The first-order valence-electron chi connectivity index (χ1n) is 7.52. The molecule has 110 valence electrons. The van der Waals surface area contributed by atoms with E-state index in [4.69, 9.17) is 4.74 Å². The highest BCUT2D eigenvalue weighted by molar-refractivity contribution is 4.99. The lowest BCUT2D eigenvalue weighted by Crippen LogP contribution is -2.29. The van der Waals surface area contributed by atoms with Gasteiger partial charge in [0.05, 0.1) is 12.2 Å². The van der Waals surface area contributed by atoms with Crippen molar-refractivity contribution in [2.45, 2.75) is 50.7 Å². The second-order valence-electron chi connectivity index (χ2n) is 5.73. The third-order valence-corrected chi connectivity index (χ3v) is 4.54. The number of tetrazole rings is 1. The van der Waals surface area contributed by atoms with Crippen LogP contribution < -0.4 is 0 Å². The zero-order chi connectivity index (χ0) is 13.8. The highest BCUT2D eigenvalue weighted by Gasteiger charge is 2.47. The minimum Gasteiger partial charge on any atom is -0.396 e. The number of aromatic nitrogens is 4. The number of hydrogen-bond acceptors (Lipinski definition) is 5. The Kier molecular flexibility index (Phi) is 4.42. The first-order valence-corrected chi connectivity index (χ1v) is 7.52. The standard InChI is InChI=1S/C14H22N4O2/c19-9-11-10(12-7-8-13(11)20-12)5-3-1-2-4-6-14-15-17-18-16-14/h1,3,10-13,19H,2,4-9H2,(H,15,16,17,18)/t10-,11+,12+,13-/m1/s1. The number of H-pyrrole nitrogens is 1. The number of aromatic amines is 1. The molecule has 2 bridgehead atoms. The van der Waals surface area contributed by atoms with E-state index in [9.17, 15) is 5.11 Å². The number of ether oxygens (including phenoxy) is 1. The van der Waals surface area contributed by atoms with Gasteiger partial charge in [-0.1, -0.05) is 17.4 Å². The summed E-state index contributed by atoms with van der Waals surface area (Å²) in [6.07, 6.45) is 11.4. The average molecular weight is 278 g/mol. The van der Waals surface area contributed by atoms with Crippen LogP contribution in [0.3, 0.4) is 0 Å². The summed E-state index contributed by atoms with van der Waals surface area (Å²) in [5.41, 5.74) is 0. The van der Waals surface area contributed by atoms with Crippen molar-refractivity contribution in [1.29, 1.82) is 0 Å². The van der Waals surface area contributed by atoms with Gasteiger partial charge in [0.25, 0.3) is 0 Å². The summed E-state index contributed by atoms with van der Waals surface area (Å²) in [6.45, 7) is 0.261. The number of aliphatic hydroxyl groups is 1. The van der Waals surface area contributed by atoms with Crippen LogP contribution in [0, 0.1) is 11.8 Å². The van der Waals surface area contributed by atoms with Gasteiger partial charge in [0.1, 0.15) is 0 Å². The van der Waals surface area contributed by atoms with Gasteiger partial charge in [-0.25, -0.2) is 0 Å². The Morgan fingerprint density at radius 1 is 1.25 bits per heavy atom. The van der Waals surface area contributed by atoms with E-state index in [-0.39, 0.29) is 6.61 Å². The van der Waals surface area contributed by atoms with Crippen molar-refractivity contribution in [3.05, 3.63) is 18.0 Å². The Labute approximate surface area is 118 Å². The maximum absolute atomic E-state index is 9.48. The van der Waals surface area contributed by atoms with E-state index in [1.807, 2.05) is 0 Å². The molecule has 0 spiro atoms. The van der Waals surface area contributed by atoms with E-state index in [1.165, 1.54) is 0 Å². The van der Waals surface area contributed by atoms with Gasteiger partial charge in [-0.3, -0.25) is 0 Å². The maximum Gasteiger partial charge on any atom is 0.174 e. The zero-order valence-corrected chi connectivity index (χ0v) is 11.6. The Morgan fingerprint density at radius 2 is 2.10 bits per heavy atom. The Bertz CT molecular complexity index is 434. The molecule has 0 amide bonds. The van der Waals surface area contributed by atoms with Crippen LogP contribution in [0.25, 0.3) is 0 Å². The van der Waals surface area contributed by atoms with Gasteiger partial charge in [0.2, 0.25) is 0 Å². The second-order valence-corrected chi connectivity index (χ2v) is 5.73. The highest BCUT2D eigenvalue weighted by Crippen LogP contribution is 2.44. The van der Waals surface area contributed by atoms with Crippen LogP contribution in [-0.4, -0.2) is 44.5 Å². The third-order valence-electron chi connectivity index (χ3n) is 4.54. The Hall–Kier alpha value is -1.27. The largest absolute Gasteiger partial charge is 0.396 e. The molecule has 3 heterocycles. The third kappa shape index (κ3) is 2.91. The quantitative estimate of drug-likeness (QED) is 0.579. The molecule has 2 saturated heterocycles.